The van der Waals surface area contributed by atoms with Gasteiger partial charge in [0.2, 0.25) is 11.8 Å². The van der Waals surface area contributed by atoms with Crippen molar-refractivity contribution in [3.05, 3.63) is 34.7 Å². The van der Waals surface area contributed by atoms with E-state index in [0.717, 1.165) is 89.4 Å². The van der Waals surface area contributed by atoms with E-state index in [1.165, 1.54) is 85.4 Å². The standard InChI is InChI=1S/C17H22F2NO4PS3.C11H19NO.C9H16N2O2.2C4H8O.C2H6.CH2O/c1-20-16(21)15-11-12-10-13(4-5-14(12)28-15)17(18,19)25(22,23-6-8-26-2)24-7-9-27-3;1-9-8-10(9)4-5-11(13)12-6-2-3-7-12;1-10-6-8(7-10)9(12)11-2-4-13-5-3-11;2*1-2-3-4-5;2*1-2/h4-5,10-11H,6-9H2,1-3H3,(H,20,21);9-10H,2-8H2,1H3;8H,2-7H2,1H3;2*4H,2-3H2,1H3;1-2H3;1H2. The summed E-state index contributed by atoms with van der Waals surface area (Å²) in [6.45, 7) is 18.9. The molecule has 0 spiro atoms. The van der Waals surface area contributed by atoms with Crippen LogP contribution in [0.3, 0.4) is 0 Å². The summed E-state index contributed by atoms with van der Waals surface area (Å²) in [5, 5.41) is 2.98. The topological polar surface area (TPSA) is 169 Å². The van der Waals surface area contributed by atoms with Gasteiger partial charge in [0.1, 0.15) is 19.4 Å². The molecule has 14 nitrogen and oxygen atoms in total. The molecular weight excluding hydrogens is 958 g/mol. The molecule has 3 amide bonds. The van der Waals surface area contributed by atoms with Gasteiger partial charge in [-0.15, -0.1) is 11.3 Å². The summed E-state index contributed by atoms with van der Waals surface area (Å²) < 4.78 is 59.5. The minimum Gasteiger partial charge on any atom is -0.378 e. The Hall–Kier alpha value is -2.77. The van der Waals surface area contributed by atoms with Gasteiger partial charge in [0, 0.05) is 87.3 Å². The molecule has 1 saturated carbocycles. The number of hydrogen-bond acceptors (Lipinski definition) is 14. The largest absolute Gasteiger partial charge is 0.404 e. The highest BCUT2D eigenvalue weighted by atomic mass is 32.2. The molecule has 0 bridgehead atoms. The van der Waals surface area contributed by atoms with Crippen LogP contribution in [0.4, 0.5) is 8.78 Å². The maximum absolute atomic E-state index is 15.2. The summed E-state index contributed by atoms with van der Waals surface area (Å²) in [4.78, 5) is 68.5. The molecule has 1 aliphatic carbocycles. The SMILES string of the molecule is C=O.CC.CC1CC1CCC(=O)N1CCCC1.CCCC=O.CCCC=O.CN1CC(C(=O)N2CCOCC2)C1.CNC(=O)c1cc2cc(C(F)(F)P(=O)(OCCSC)OCCSC)ccc2s1. The summed E-state index contributed by atoms with van der Waals surface area (Å²) in [6, 6.07) is 5.46. The number of likely N-dealkylation sites (tertiary alicyclic amines) is 2. The van der Waals surface area contributed by atoms with Crippen molar-refractivity contribution < 1.29 is 55.9 Å². The normalized spacial score (nSPS) is 17.5. The van der Waals surface area contributed by atoms with Crippen molar-refractivity contribution in [2.24, 2.45) is 17.8 Å². The number of fused-ring (bicyclic) bond motifs is 1. The summed E-state index contributed by atoms with van der Waals surface area (Å²) in [7, 11) is -1.19. The molecule has 390 valence electrons. The molecule has 4 fully saturated rings. The number of unbranched alkanes of at least 4 members (excludes halogenated alkanes) is 2. The zero-order valence-electron chi connectivity index (χ0n) is 42.1. The van der Waals surface area contributed by atoms with Crippen molar-refractivity contribution in [2.45, 2.75) is 98.1 Å². The van der Waals surface area contributed by atoms with Gasteiger partial charge < -0.3 is 48.2 Å². The van der Waals surface area contributed by atoms with Crippen molar-refractivity contribution >= 4 is 89.6 Å². The Morgan fingerprint density at radius 3 is 1.88 bits per heavy atom. The highest BCUT2D eigenvalue weighted by Crippen LogP contribution is 2.67. The van der Waals surface area contributed by atoms with Crippen LogP contribution in [0, 0.1) is 17.8 Å². The van der Waals surface area contributed by atoms with Crippen LogP contribution in [0.25, 0.3) is 10.1 Å². The lowest BCUT2D eigenvalue weighted by Gasteiger charge is -2.39. The van der Waals surface area contributed by atoms with E-state index in [1.807, 2.05) is 51.3 Å². The minimum absolute atomic E-state index is 0.102. The maximum Gasteiger partial charge on any atom is 0.404 e. The van der Waals surface area contributed by atoms with Crippen LogP contribution in [0.5, 0.6) is 0 Å². The van der Waals surface area contributed by atoms with Crippen LogP contribution in [0.15, 0.2) is 24.3 Å². The van der Waals surface area contributed by atoms with E-state index >= 15 is 8.78 Å². The Bertz CT molecular complexity index is 1740. The predicted octanol–water partition coefficient (Wildman–Crippen LogP) is 9.53. The second-order valence-corrected chi connectivity index (χ2v) is 21.1. The monoisotopic (exact) mass is 1040 g/mol. The molecule has 2 aromatic rings. The number of ether oxygens (including phenoxy) is 1. The molecule has 6 rings (SSSR count). The Morgan fingerprint density at radius 1 is 0.926 bits per heavy atom. The molecule has 1 aromatic carbocycles. The first kappa shape index (κ1) is 65.2. The fraction of sp³-hybridized carbons (Fsp3) is 0.708. The molecule has 2 atom stereocenters. The molecule has 20 heteroatoms. The smallest absolute Gasteiger partial charge is 0.378 e. The number of thiophene rings is 1. The van der Waals surface area contributed by atoms with Gasteiger partial charge in [0.25, 0.3) is 5.91 Å². The molecule has 4 heterocycles. The Balaban J connectivity index is 0.000000932. The van der Waals surface area contributed by atoms with Crippen molar-refractivity contribution in [2.75, 3.05) is 104 Å². The zero-order valence-corrected chi connectivity index (χ0v) is 45.4. The number of rotatable bonds is 19. The fourth-order valence-corrected chi connectivity index (χ4v) is 9.93. The first-order valence-corrected chi connectivity index (χ1v) is 28.8. The van der Waals surface area contributed by atoms with Crippen LogP contribution in [-0.4, -0.2) is 156 Å². The third-order valence-electron chi connectivity index (χ3n) is 10.8. The molecule has 3 aliphatic heterocycles. The number of amides is 3. The average molecular weight is 1040 g/mol. The number of halogens is 2. The lowest BCUT2D eigenvalue weighted by Crippen LogP contribution is -2.54. The molecule has 2 unspecified atom stereocenters. The molecule has 4 aliphatic rings. The Morgan fingerprint density at radius 2 is 1.46 bits per heavy atom. The summed E-state index contributed by atoms with van der Waals surface area (Å²) in [5.74, 6) is 3.29. The number of benzene rings is 1. The van der Waals surface area contributed by atoms with Gasteiger partial charge in [0.15, 0.2) is 0 Å². The van der Waals surface area contributed by atoms with Gasteiger partial charge >= 0.3 is 13.3 Å². The highest BCUT2D eigenvalue weighted by Gasteiger charge is 2.55. The van der Waals surface area contributed by atoms with Crippen LogP contribution in [0.2, 0.25) is 0 Å². The van der Waals surface area contributed by atoms with E-state index < -0.39 is 18.8 Å². The number of nitrogens with one attached hydrogen (secondary N) is 1. The number of carbonyl (C=O) groups is 6. The molecule has 1 aromatic heterocycles. The number of thioether (sulfide) groups is 2. The van der Waals surface area contributed by atoms with E-state index in [2.05, 4.69) is 17.1 Å². The van der Waals surface area contributed by atoms with E-state index in [9.17, 15) is 28.5 Å². The third kappa shape index (κ3) is 23.9. The molecule has 0 radical (unpaired) electrons. The van der Waals surface area contributed by atoms with Gasteiger partial charge in [-0.05, 0) is 93.5 Å². The first-order chi connectivity index (χ1) is 32.7. The van der Waals surface area contributed by atoms with Gasteiger partial charge in [-0.25, -0.2) is 0 Å². The minimum atomic E-state index is -4.74. The van der Waals surface area contributed by atoms with Gasteiger partial charge in [-0.1, -0.05) is 40.7 Å². The second kappa shape index (κ2) is 38.0. The number of nitrogens with zero attached hydrogens (tertiary/aromatic N) is 3. The van der Waals surface area contributed by atoms with Gasteiger partial charge in [-0.2, -0.15) is 32.3 Å². The molecular formula is C48H81F2N4O10PS3. The van der Waals surface area contributed by atoms with E-state index in [-0.39, 0.29) is 25.0 Å². The highest BCUT2D eigenvalue weighted by molar-refractivity contribution is 7.98. The summed E-state index contributed by atoms with van der Waals surface area (Å²) in [5.41, 5.74) is -4.27. The fourth-order valence-electron chi connectivity index (χ4n) is 6.67. The number of hydrogen-bond donors (Lipinski definition) is 1. The van der Waals surface area contributed by atoms with Crippen LogP contribution >= 0.6 is 42.5 Å². The van der Waals surface area contributed by atoms with Crippen LogP contribution in [0.1, 0.15) is 108 Å². The second-order valence-electron chi connectivity index (χ2n) is 16.0. The quantitative estimate of drug-likeness (QED) is 0.0803. The maximum atomic E-state index is 15.2. The van der Waals surface area contributed by atoms with Crippen molar-refractivity contribution in [3.8, 4) is 0 Å². The summed E-state index contributed by atoms with van der Waals surface area (Å²) in [6.07, 6.45) is 14.5. The van der Waals surface area contributed by atoms with Crippen molar-refractivity contribution in [1.82, 2.24) is 20.0 Å². The Labute approximate surface area is 418 Å². The lowest BCUT2D eigenvalue weighted by molar-refractivity contribution is -0.144. The zero-order chi connectivity index (χ0) is 51.5. The summed E-state index contributed by atoms with van der Waals surface area (Å²) >= 11 is 4.00. The van der Waals surface area contributed by atoms with Gasteiger partial charge in [0.05, 0.1) is 37.2 Å². The number of alkyl halides is 2. The van der Waals surface area contributed by atoms with Gasteiger partial charge in [-0.3, -0.25) is 18.9 Å². The molecule has 3 saturated heterocycles. The van der Waals surface area contributed by atoms with E-state index in [1.54, 1.807) is 12.5 Å². The Kier molecular flexibility index (Phi) is 36.4. The van der Waals surface area contributed by atoms with Crippen LogP contribution in [-0.2, 0) is 48.0 Å². The van der Waals surface area contributed by atoms with E-state index in [0.29, 0.717) is 64.3 Å². The predicted molar refractivity (Wildman–Crippen MR) is 277 cm³/mol. The van der Waals surface area contributed by atoms with E-state index in [4.69, 9.17) is 18.6 Å². The van der Waals surface area contributed by atoms with Crippen molar-refractivity contribution in [1.29, 1.82) is 0 Å². The molecule has 1 N–H and O–H groups in total. The first-order valence-electron chi connectivity index (χ1n) is 23.7. The van der Waals surface area contributed by atoms with Crippen LogP contribution < -0.4 is 5.32 Å². The number of morpholine rings is 1. The average Bonchev–Trinajstić information content (AvgIpc) is 3.65. The van der Waals surface area contributed by atoms with Crippen molar-refractivity contribution in [3.63, 3.8) is 0 Å². The lowest BCUT2D eigenvalue weighted by atomic mass is 9.99. The third-order valence-corrected chi connectivity index (χ3v) is 15.0. The number of carbonyl (C=O) groups excluding carboxylic acids is 6. The molecule has 68 heavy (non-hydrogen) atoms. The number of aldehydes is 2.